The molecule has 1 heterocycles. The van der Waals surface area contributed by atoms with Crippen LogP contribution in [0.2, 0.25) is 0 Å². The van der Waals surface area contributed by atoms with E-state index in [4.69, 9.17) is 0 Å². The zero-order valence-electron chi connectivity index (χ0n) is 6.90. The van der Waals surface area contributed by atoms with Gasteiger partial charge in [0.25, 0.3) is 0 Å². The Morgan fingerprint density at radius 3 is 3.31 bits per heavy atom. The SMILES string of the molecule is CC(=O)Nc1nc(CN=C=S)c[se]1. The van der Waals surface area contributed by atoms with Crippen molar-refractivity contribution in [3.8, 4) is 0 Å². The molecule has 0 radical (unpaired) electrons. The van der Waals surface area contributed by atoms with Gasteiger partial charge in [0.15, 0.2) is 0 Å². The van der Waals surface area contributed by atoms with Crippen LogP contribution in [0.25, 0.3) is 0 Å². The van der Waals surface area contributed by atoms with Crippen molar-refractivity contribution in [1.29, 1.82) is 0 Å². The summed E-state index contributed by atoms with van der Waals surface area (Å²) in [5.74, 6) is -0.0893. The van der Waals surface area contributed by atoms with Crippen LogP contribution in [0.4, 0.5) is 4.69 Å². The van der Waals surface area contributed by atoms with Gasteiger partial charge >= 0.3 is 86.7 Å². The number of rotatable bonds is 3. The maximum absolute atomic E-state index is 10.7. The molecular weight excluding hydrogens is 253 g/mol. The molecule has 1 rings (SSSR count). The quantitative estimate of drug-likeness (QED) is 0.494. The van der Waals surface area contributed by atoms with Crippen molar-refractivity contribution in [2.24, 2.45) is 4.99 Å². The van der Waals surface area contributed by atoms with Gasteiger partial charge in [-0.1, -0.05) is 0 Å². The van der Waals surface area contributed by atoms with Crippen molar-refractivity contribution < 1.29 is 4.79 Å². The molecule has 0 spiro atoms. The molecule has 68 valence electrons. The molecular formula is C7H7N3OSSe. The van der Waals surface area contributed by atoms with Crippen molar-refractivity contribution >= 4 is 42.5 Å². The molecule has 1 amide bonds. The average Bonchev–Trinajstić information content (AvgIpc) is 2.48. The van der Waals surface area contributed by atoms with E-state index in [0.717, 1.165) is 10.4 Å². The number of nitrogens with one attached hydrogen (secondary N) is 1. The van der Waals surface area contributed by atoms with Gasteiger partial charge in [-0.3, -0.25) is 0 Å². The van der Waals surface area contributed by atoms with E-state index in [2.05, 4.69) is 32.7 Å². The first-order valence-corrected chi connectivity index (χ1v) is 5.73. The van der Waals surface area contributed by atoms with Gasteiger partial charge in [0, 0.05) is 0 Å². The van der Waals surface area contributed by atoms with Crippen molar-refractivity contribution in [2.45, 2.75) is 13.5 Å². The minimum absolute atomic E-state index is 0.0893. The van der Waals surface area contributed by atoms with E-state index < -0.39 is 0 Å². The third-order valence-electron chi connectivity index (χ3n) is 1.14. The van der Waals surface area contributed by atoms with Crippen molar-refractivity contribution in [2.75, 3.05) is 5.32 Å². The molecule has 13 heavy (non-hydrogen) atoms. The van der Waals surface area contributed by atoms with Gasteiger partial charge in [-0.15, -0.1) is 0 Å². The number of hydrogen-bond acceptors (Lipinski definition) is 4. The van der Waals surface area contributed by atoms with Crippen molar-refractivity contribution in [3.63, 3.8) is 0 Å². The summed E-state index contributed by atoms with van der Waals surface area (Å²) in [6.07, 6.45) is 0. The molecule has 1 N–H and O–H groups in total. The van der Waals surface area contributed by atoms with E-state index in [9.17, 15) is 4.79 Å². The Bertz CT molecular complexity index is 338. The Kier molecular flexibility index (Phi) is 3.99. The molecule has 0 bridgehead atoms. The van der Waals surface area contributed by atoms with Gasteiger partial charge in [0.05, 0.1) is 0 Å². The number of amides is 1. The zero-order chi connectivity index (χ0) is 9.68. The second kappa shape index (κ2) is 5.04. The van der Waals surface area contributed by atoms with Crippen LogP contribution in [0.15, 0.2) is 9.93 Å². The van der Waals surface area contributed by atoms with Gasteiger partial charge in [0.2, 0.25) is 0 Å². The zero-order valence-corrected chi connectivity index (χ0v) is 9.43. The van der Waals surface area contributed by atoms with E-state index in [-0.39, 0.29) is 20.4 Å². The van der Waals surface area contributed by atoms with E-state index in [1.807, 2.05) is 4.94 Å². The Hall–Kier alpha value is -0.801. The molecule has 0 atom stereocenters. The molecule has 0 aliphatic rings. The molecule has 0 aromatic carbocycles. The second-order valence-electron chi connectivity index (χ2n) is 2.23. The third kappa shape index (κ3) is 3.61. The summed E-state index contributed by atoms with van der Waals surface area (Å²) in [7, 11) is 0. The minimum atomic E-state index is -0.0893. The number of carbonyl (C=O) groups is 1. The van der Waals surface area contributed by atoms with E-state index in [1.54, 1.807) is 0 Å². The Balaban J connectivity index is 2.63. The molecule has 4 nitrogen and oxygen atoms in total. The molecule has 1 aromatic heterocycles. The topological polar surface area (TPSA) is 54.4 Å². The molecule has 0 unspecified atom stereocenters. The number of aliphatic imine (C=N–C) groups is 1. The van der Waals surface area contributed by atoms with Crippen LogP contribution in [0.5, 0.6) is 0 Å². The van der Waals surface area contributed by atoms with E-state index in [1.165, 1.54) is 6.92 Å². The van der Waals surface area contributed by atoms with Crippen LogP contribution in [0.1, 0.15) is 12.6 Å². The molecule has 6 heteroatoms. The summed E-state index contributed by atoms with van der Waals surface area (Å²) in [5, 5.41) is 4.91. The normalized spacial score (nSPS) is 9.00. The average molecular weight is 260 g/mol. The third-order valence-corrected chi connectivity index (χ3v) is 2.96. The maximum atomic E-state index is 10.7. The first-order chi connectivity index (χ1) is 6.22. The molecule has 0 saturated carbocycles. The number of carbonyl (C=O) groups excluding carboxylic acids is 1. The molecule has 0 aliphatic carbocycles. The predicted octanol–water partition coefficient (Wildman–Crippen LogP) is 0.700. The van der Waals surface area contributed by atoms with Gasteiger partial charge in [0.1, 0.15) is 0 Å². The van der Waals surface area contributed by atoms with Gasteiger partial charge < -0.3 is 0 Å². The summed E-state index contributed by atoms with van der Waals surface area (Å²) >= 11 is 4.55. The van der Waals surface area contributed by atoms with Crippen LogP contribution < -0.4 is 5.32 Å². The Morgan fingerprint density at radius 2 is 2.69 bits per heavy atom. The van der Waals surface area contributed by atoms with Gasteiger partial charge in [-0.05, 0) is 0 Å². The predicted molar refractivity (Wildman–Crippen MR) is 54.2 cm³/mol. The van der Waals surface area contributed by atoms with Crippen LogP contribution >= 0.6 is 12.2 Å². The standard InChI is InChI=1S/C7H7N3OSSe/c1-5(11)9-7-10-6(3-13-7)2-8-4-12/h3H,2H2,1H3,(H,9,10,11). The van der Waals surface area contributed by atoms with Crippen LogP contribution in [0, 0.1) is 0 Å². The van der Waals surface area contributed by atoms with E-state index in [0.29, 0.717) is 6.54 Å². The molecule has 1 aromatic rings. The monoisotopic (exact) mass is 261 g/mol. The first-order valence-electron chi connectivity index (χ1n) is 3.48. The van der Waals surface area contributed by atoms with E-state index >= 15 is 0 Å². The van der Waals surface area contributed by atoms with Crippen LogP contribution in [-0.2, 0) is 11.3 Å². The van der Waals surface area contributed by atoms with Crippen LogP contribution in [0.3, 0.4) is 0 Å². The number of anilines is 1. The Morgan fingerprint density at radius 1 is 1.92 bits per heavy atom. The summed E-state index contributed by atoms with van der Waals surface area (Å²) in [5.41, 5.74) is 0.848. The fourth-order valence-electron chi connectivity index (χ4n) is 0.701. The molecule has 0 fully saturated rings. The number of hydrogen-bond donors (Lipinski definition) is 1. The Labute approximate surface area is 86.8 Å². The summed E-state index contributed by atoms with van der Waals surface area (Å²) in [4.78, 5) is 20.5. The summed E-state index contributed by atoms with van der Waals surface area (Å²) in [6, 6.07) is 0. The number of thiocarbonyl (C=S) groups is 1. The van der Waals surface area contributed by atoms with Gasteiger partial charge in [-0.2, -0.15) is 0 Å². The second-order valence-corrected chi connectivity index (χ2v) is 4.22. The van der Waals surface area contributed by atoms with Crippen molar-refractivity contribution in [1.82, 2.24) is 4.98 Å². The number of aromatic nitrogens is 1. The van der Waals surface area contributed by atoms with Gasteiger partial charge in [-0.25, -0.2) is 0 Å². The number of nitrogens with zero attached hydrogens (tertiary/aromatic N) is 2. The van der Waals surface area contributed by atoms with Crippen molar-refractivity contribution in [3.05, 3.63) is 10.6 Å². The first kappa shape index (κ1) is 10.3. The fraction of sp³-hybridized carbons (Fsp3) is 0.286. The molecule has 0 saturated heterocycles. The fourth-order valence-corrected chi connectivity index (χ4v) is 2.33. The summed E-state index contributed by atoms with van der Waals surface area (Å²) in [6.45, 7) is 1.92. The summed E-state index contributed by atoms with van der Waals surface area (Å²) < 4.78 is 0.731. The number of isothiocyanates is 1. The molecule has 0 aliphatic heterocycles. The van der Waals surface area contributed by atoms with Crippen LogP contribution in [-0.4, -0.2) is 30.6 Å².